The van der Waals surface area contributed by atoms with Gasteiger partial charge in [0, 0.05) is 11.1 Å². The minimum atomic E-state index is -0.596. The quantitative estimate of drug-likeness (QED) is 0.0418. The highest BCUT2D eigenvalue weighted by Crippen LogP contribution is 2.33. The monoisotopic (exact) mass is 602 g/mol. The standard InChI is InChI=1S/C35H38O9/c1-23(2)32(36)39-16-17-41-34(38)30-21-28(26-8-10-31(11-9-26)44-43-25(5)6)20-29(22-30)27-12-14-35(7,15-13-27)42-19-18-40-33(37)24(3)4/h8-14,20-22H,1,3,5,15-19H2,2,4,6-7H3. The summed E-state index contributed by atoms with van der Waals surface area (Å²) in [5.74, 6) is -0.660. The van der Waals surface area contributed by atoms with Crippen molar-refractivity contribution in [2.75, 3.05) is 26.4 Å². The Morgan fingerprint density at radius 2 is 1.36 bits per heavy atom. The fourth-order valence-electron chi connectivity index (χ4n) is 3.94. The Labute approximate surface area is 258 Å². The summed E-state index contributed by atoms with van der Waals surface area (Å²) < 4.78 is 21.5. The van der Waals surface area contributed by atoms with Gasteiger partial charge >= 0.3 is 17.9 Å². The summed E-state index contributed by atoms with van der Waals surface area (Å²) in [5, 5.41) is 0. The van der Waals surface area contributed by atoms with Gasteiger partial charge in [0.15, 0.2) is 5.75 Å². The minimum Gasteiger partial charge on any atom is -0.460 e. The zero-order valence-corrected chi connectivity index (χ0v) is 25.6. The lowest BCUT2D eigenvalue weighted by Crippen LogP contribution is -2.29. The first kappa shape index (κ1) is 33.6. The summed E-state index contributed by atoms with van der Waals surface area (Å²) in [5.41, 5.74) is 3.61. The molecule has 0 fully saturated rings. The normalized spacial score (nSPS) is 15.4. The van der Waals surface area contributed by atoms with Gasteiger partial charge < -0.3 is 18.9 Å². The first-order chi connectivity index (χ1) is 20.9. The fraction of sp³-hybridized carbons (Fsp3) is 0.286. The molecule has 1 atom stereocenters. The summed E-state index contributed by atoms with van der Waals surface area (Å²) in [6.45, 7) is 17.6. The summed E-state index contributed by atoms with van der Waals surface area (Å²) >= 11 is 0. The Bertz CT molecular complexity index is 1480. The maximum atomic E-state index is 13.1. The Kier molecular flexibility index (Phi) is 11.9. The van der Waals surface area contributed by atoms with Crippen LogP contribution in [0.3, 0.4) is 0 Å². The molecule has 1 unspecified atom stereocenters. The number of carbonyl (C=O) groups is 3. The maximum absolute atomic E-state index is 13.1. The van der Waals surface area contributed by atoms with Crippen molar-refractivity contribution in [2.24, 2.45) is 0 Å². The largest absolute Gasteiger partial charge is 0.460 e. The summed E-state index contributed by atoms with van der Waals surface area (Å²) in [6.07, 6.45) is 6.45. The van der Waals surface area contributed by atoms with Gasteiger partial charge in [-0.1, -0.05) is 50.1 Å². The topological polar surface area (TPSA) is 107 Å². The van der Waals surface area contributed by atoms with Crippen LogP contribution in [0.25, 0.3) is 16.7 Å². The lowest BCUT2D eigenvalue weighted by atomic mass is 9.89. The van der Waals surface area contributed by atoms with E-state index in [1.165, 1.54) is 0 Å². The molecule has 0 aromatic heterocycles. The minimum absolute atomic E-state index is 0.0867. The highest BCUT2D eigenvalue weighted by atomic mass is 17.2. The Balaban J connectivity index is 1.79. The third-order valence-electron chi connectivity index (χ3n) is 6.31. The number of hydrogen-bond donors (Lipinski definition) is 0. The zero-order valence-electron chi connectivity index (χ0n) is 25.6. The maximum Gasteiger partial charge on any atom is 0.338 e. The third kappa shape index (κ3) is 10.1. The number of allylic oxidation sites excluding steroid dienone is 3. The molecule has 0 amide bonds. The van der Waals surface area contributed by atoms with Crippen molar-refractivity contribution in [1.82, 2.24) is 0 Å². The highest BCUT2D eigenvalue weighted by Gasteiger charge is 2.24. The predicted molar refractivity (Wildman–Crippen MR) is 166 cm³/mol. The molecule has 0 N–H and O–H groups in total. The van der Waals surface area contributed by atoms with E-state index in [2.05, 4.69) is 19.7 Å². The van der Waals surface area contributed by atoms with Crippen LogP contribution in [0.2, 0.25) is 0 Å². The Hall–Kier alpha value is -4.89. The average Bonchev–Trinajstić information content (AvgIpc) is 3.00. The van der Waals surface area contributed by atoms with E-state index in [0.29, 0.717) is 29.1 Å². The number of ether oxygens (including phenoxy) is 4. The van der Waals surface area contributed by atoms with Crippen LogP contribution in [0, 0.1) is 0 Å². The molecule has 0 spiro atoms. The number of carbonyl (C=O) groups excluding carboxylic acids is 3. The molecule has 44 heavy (non-hydrogen) atoms. The fourth-order valence-corrected chi connectivity index (χ4v) is 3.94. The van der Waals surface area contributed by atoms with Crippen LogP contribution >= 0.6 is 0 Å². The van der Waals surface area contributed by atoms with Crippen molar-refractivity contribution >= 4 is 23.5 Å². The SMILES string of the molecule is C=C(C)OOc1ccc(-c2cc(C(=O)OCCOC(=O)C(=C)C)cc(C3=CCC(C)(OCCOC(=O)C(=C)C)C=C3)c2)cc1. The molecule has 2 aromatic carbocycles. The van der Waals surface area contributed by atoms with E-state index in [-0.39, 0.29) is 32.0 Å². The summed E-state index contributed by atoms with van der Waals surface area (Å²) in [6, 6.07) is 12.6. The van der Waals surface area contributed by atoms with Gasteiger partial charge in [0.1, 0.15) is 25.6 Å². The second-order valence-electron chi connectivity index (χ2n) is 10.5. The van der Waals surface area contributed by atoms with E-state index in [4.69, 9.17) is 28.7 Å². The van der Waals surface area contributed by atoms with Crippen molar-refractivity contribution in [3.63, 3.8) is 0 Å². The summed E-state index contributed by atoms with van der Waals surface area (Å²) in [7, 11) is 0. The van der Waals surface area contributed by atoms with Gasteiger partial charge in [0.05, 0.1) is 17.8 Å². The van der Waals surface area contributed by atoms with Gasteiger partial charge in [-0.05, 0) is 86.7 Å². The molecule has 3 rings (SSSR count). The van der Waals surface area contributed by atoms with Crippen molar-refractivity contribution in [1.29, 1.82) is 0 Å². The lowest BCUT2D eigenvalue weighted by molar-refractivity contribution is -0.164. The van der Waals surface area contributed by atoms with Crippen LogP contribution in [-0.4, -0.2) is 49.9 Å². The predicted octanol–water partition coefficient (Wildman–Crippen LogP) is 6.71. The number of rotatable bonds is 15. The van der Waals surface area contributed by atoms with E-state index < -0.39 is 23.5 Å². The zero-order chi connectivity index (χ0) is 32.3. The molecule has 0 saturated carbocycles. The Morgan fingerprint density at radius 3 is 1.93 bits per heavy atom. The Morgan fingerprint density at radius 1 is 0.773 bits per heavy atom. The van der Waals surface area contributed by atoms with Crippen molar-refractivity contribution in [3.05, 3.63) is 108 Å². The smallest absolute Gasteiger partial charge is 0.338 e. The van der Waals surface area contributed by atoms with Gasteiger partial charge in [-0.2, -0.15) is 0 Å². The van der Waals surface area contributed by atoms with E-state index in [0.717, 1.165) is 22.3 Å². The number of esters is 3. The van der Waals surface area contributed by atoms with E-state index >= 15 is 0 Å². The molecule has 9 nitrogen and oxygen atoms in total. The van der Waals surface area contributed by atoms with Crippen LogP contribution in [-0.2, 0) is 33.4 Å². The van der Waals surface area contributed by atoms with E-state index in [1.807, 2.05) is 43.4 Å². The molecule has 0 heterocycles. The van der Waals surface area contributed by atoms with Crippen molar-refractivity contribution < 1.29 is 43.1 Å². The van der Waals surface area contributed by atoms with Gasteiger partial charge in [0.25, 0.3) is 0 Å². The second-order valence-corrected chi connectivity index (χ2v) is 10.5. The molecule has 0 aliphatic heterocycles. The third-order valence-corrected chi connectivity index (χ3v) is 6.31. The van der Waals surface area contributed by atoms with Gasteiger partial charge in [-0.3, -0.25) is 9.78 Å². The molecule has 232 valence electrons. The van der Waals surface area contributed by atoms with Crippen LogP contribution in [0.5, 0.6) is 5.75 Å². The van der Waals surface area contributed by atoms with Crippen LogP contribution < -0.4 is 4.89 Å². The van der Waals surface area contributed by atoms with E-state index in [9.17, 15) is 14.4 Å². The number of hydrogen-bond acceptors (Lipinski definition) is 9. The molecule has 9 heteroatoms. The second kappa shape index (κ2) is 15.5. The highest BCUT2D eigenvalue weighted by molar-refractivity contribution is 5.93. The summed E-state index contributed by atoms with van der Waals surface area (Å²) in [4.78, 5) is 46.5. The van der Waals surface area contributed by atoms with Crippen LogP contribution in [0.4, 0.5) is 0 Å². The first-order valence-corrected chi connectivity index (χ1v) is 14.0. The van der Waals surface area contributed by atoms with Gasteiger partial charge in [-0.15, -0.1) is 0 Å². The first-order valence-electron chi connectivity index (χ1n) is 14.0. The molecule has 1 aliphatic rings. The molecule has 0 saturated heterocycles. The lowest BCUT2D eigenvalue weighted by Gasteiger charge is -2.28. The molecular weight excluding hydrogens is 564 g/mol. The van der Waals surface area contributed by atoms with Crippen LogP contribution in [0.15, 0.2) is 97.3 Å². The molecule has 0 radical (unpaired) electrons. The van der Waals surface area contributed by atoms with Crippen LogP contribution in [0.1, 0.15) is 50.0 Å². The van der Waals surface area contributed by atoms with Gasteiger partial charge in [0.2, 0.25) is 0 Å². The molecular formula is C35H38O9. The number of benzene rings is 2. The molecule has 0 bridgehead atoms. The van der Waals surface area contributed by atoms with Crippen molar-refractivity contribution in [3.8, 4) is 16.9 Å². The van der Waals surface area contributed by atoms with E-state index in [1.54, 1.807) is 45.0 Å². The van der Waals surface area contributed by atoms with Crippen molar-refractivity contribution in [2.45, 2.75) is 39.7 Å². The average molecular weight is 603 g/mol. The van der Waals surface area contributed by atoms with Gasteiger partial charge in [-0.25, -0.2) is 14.4 Å². The molecule has 1 aliphatic carbocycles. The molecule has 2 aromatic rings.